The van der Waals surface area contributed by atoms with E-state index in [1.165, 1.54) is 11.1 Å². The Morgan fingerprint density at radius 3 is 2.00 bits per heavy atom. The molecule has 1 aliphatic rings. The number of hydrogen-bond acceptors (Lipinski definition) is 1. The molecule has 2 N–H and O–H groups in total. The van der Waals surface area contributed by atoms with E-state index >= 15 is 0 Å². The van der Waals surface area contributed by atoms with E-state index in [1.54, 1.807) is 0 Å². The number of hydrogen-bond donors (Lipinski definition) is 1. The van der Waals surface area contributed by atoms with Crippen LogP contribution in [0.4, 0.5) is 0 Å². The van der Waals surface area contributed by atoms with Crippen LogP contribution in [0.2, 0.25) is 0 Å². The molecule has 1 aromatic carbocycles. The molecule has 0 amide bonds. The van der Waals surface area contributed by atoms with Gasteiger partial charge in [0.25, 0.3) is 0 Å². The van der Waals surface area contributed by atoms with Crippen molar-refractivity contribution in [2.75, 3.05) is 0 Å². The van der Waals surface area contributed by atoms with Crippen molar-refractivity contribution in [3.63, 3.8) is 0 Å². The minimum Gasteiger partial charge on any atom is -0.321 e. The third kappa shape index (κ3) is 4.05. The standard InChI is InChI=1S/C10H13N.2C2H6/c1-8-3-2-4-9(7-8)10(11)5-6-10;2*1-2/h2-4,7H,5-6,11H2,1H3;2*1-2H3. The van der Waals surface area contributed by atoms with Gasteiger partial charge in [-0.3, -0.25) is 0 Å². The molecule has 0 aliphatic heterocycles. The van der Waals surface area contributed by atoms with E-state index in [2.05, 4.69) is 31.2 Å². The Bertz CT molecular complexity index is 274. The van der Waals surface area contributed by atoms with Gasteiger partial charge in [-0.15, -0.1) is 0 Å². The molecule has 0 radical (unpaired) electrons. The Hall–Kier alpha value is -0.820. The molecule has 86 valence electrons. The lowest BCUT2D eigenvalue weighted by atomic mass is 10.0. The first-order chi connectivity index (χ1) is 7.21. The van der Waals surface area contributed by atoms with E-state index in [1.807, 2.05) is 27.7 Å². The number of benzene rings is 1. The summed E-state index contributed by atoms with van der Waals surface area (Å²) >= 11 is 0. The molecular formula is C14H25N. The summed E-state index contributed by atoms with van der Waals surface area (Å²) in [5, 5.41) is 0. The van der Waals surface area contributed by atoms with Crippen LogP contribution < -0.4 is 5.73 Å². The first kappa shape index (κ1) is 14.2. The van der Waals surface area contributed by atoms with Gasteiger partial charge in [0.15, 0.2) is 0 Å². The number of rotatable bonds is 1. The quantitative estimate of drug-likeness (QED) is 0.740. The summed E-state index contributed by atoms with van der Waals surface area (Å²) in [5.41, 5.74) is 8.68. The number of aryl methyl sites for hydroxylation is 1. The molecule has 1 fully saturated rings. The second kappa shape index (κ2) is 6.62. The normalized spacial score (nSPS) is 15.3. The molecule has 0 bridgehead atoms. The van der Waals surface area contributed by atoms with E-state index in [9.17, 15) is 0 Å². The number of nitrogens with two attached hydrogens (primary N) is 1. The van der Waals surface area contributed by atoms with Crippen molar-refractivity contribution >= 4 is 0 Å². The lowest BCUT2D eigenvalue weighted by Gasteiger charge is -2.08. The Morgan fingerprint density at radius 1 is 1.07 bits per heavy atom. The highest BCUT2D eigenvalue weighted by molar-refractivity contribution is 5.32. The summed E-state index contributed by atoms with van der Waals surface area (Å²) in [6.07, 6.45) is 2.30. The maximum absolute atomic E-state index is 6.04. The van der Waals surface area contributed by atoms with Crippen molar-refractivity contribution in [3.8, 4) is 0 Å². The fraction of sp³-hybridized carbons (Fsp3) is 0.571. The average Bonchev–Trinajstić information content (AvgIpc) is 3.04. The van der Waals surface area contributed by atoms with Gasteiger partial charge in [0, 0.05) is 5.54 Å². The van der Waals surface area contributed by atoms with Gasteiger partial charge in [-0.2, -0.15) is 0 Å². The van der Waals surface area contributed by atoms with Crippen molar-refractivity contribution in [2.24, 2.45) is 5.73 Å². The van der Waals surface area contributed by atoms with Crippen molar-refractivity contribution in [1.29, 1.82) is 0 Å². The third-order valence-electron chi connectivity index (χ3n) is 2.38. The molecule has 0 atom stereocenters. The van der Waals surface area contributed by atoms with E-state index in [0.717, 1.165) is 12.8 Å². The predicted octanol–water partition coefficient (Wildman–Crippen LogP) is 4.00. The summed E-state index contributed by atoms with van der Waals surface area (Å²) in [4.78, 5) is 0. The molecule has 0 spiro atoms. The highest BCUT2D eigenvalue weighted by Gasteiger charge is 2.39. The lowest BCUT2D eigenvalue weighted by Crippen LogP contribution is -2.18. The van der Waals surface area contributed by atoms with Crippen LogP contribution in [0.1, 0.15) is 51.7 Å². The van der Waals surface area contributed by atoms with Gasteiger partial charge in [-0.05, 0) is 25.3 Å². The largest absolute Gasteiger partial charge is 0.321 e. The minimum atomic E-state index is 0.0338. The third-order valence-corrected chi connectivity index (χ3v) is 2.38. The van der Waals surface area contributed by atoms with Crippen LogP contribution in [0.3, 0.4) is 0 Å². The molecule has 1 aliphatic carbocycles. The zero-order chi connectivity index (χ0) is 11.9. The molecule has 1 aromatic rings. The molecule has 1 nitrogen and oxygen atoms in total. The second-order valence-corrected chi connectivity index (χ2v) is 3.53. The van der Waals surface area contributed by atoms with E-state index in [4.69, 9.17) is 5.73 Å². The molecule has 1 heteroatoms. The molecule has 0 aromatic heterocycles. The van der Waals surface area contributed by atoms with E-state index in [-0.39, 0.29) is 5.54 Å². The average molecular weight is 207 g/mol. The predicted molar refractivity (Wildman–Crippen MR) is 69.0 cm³/mol. The van der Waals surface area contributed by atoms with Crippen molar-refractivity contribution in [2.45, 2.75) is 53.0 Å². The van der Waals surface area contributed by atoms with E-state index < -0.39 is 0 Å². The first-order valence-corrected chi connectivity index (χ1v) is 6.07. The summed E-state index contributed by atoms with van der Waals surface area (Å²) < 4.78 is 0. The highest BCUT2D eigenvalue weighted by Crippen LogP contribution is 2.42. The lowest BCUT2D eigenvalue weighted by molar-refractivity contribution is 0.739. The van der Waals surface area contributed by atoms with Gasteiger partial charge in [0.05, 0.1) is 0 Å². The smallest absolute Gasteiger partial charge is 0.0411 e. The Kier molecular flexibility index (Phi) is 6.26. The van der Waals surface area contributed by atoms with Crippen LogP contribution in [-0.2, 0) is 5.54 Å². The van der Waals surface area contributed by atoms with Crippen molar-refractivity contribution in [1.82, 2.24) is 0 Å². The molecule has 15 heavy (non-hydrogen) atoms. The summed E-state index contributed by atoms with van der Waals surface area (Å²) in [7, 11) is 0. The molecule has 0 saturated heterocycles. The summed E-state index contributed by atoms with van der Waals surface area (Å²) in [6.45, 7) is 10.1. The van der Waals surface area contributed by atoms with Crippen LogP contribution in [0.15, 0.2) is 24.3 Å². The second-order valence-electron chi connectivity index (χ2n) is 3.53. The molecule has 1 saturated carbocycles. The monoisotopic (exact) mass is 207 g/mol. The summed E-state index contributed by atoms with van der Waals surface area (Å²) in [5.74, 6) is 0. The zero-order valence-corrected chi connectivity index (χ0v) is 10.8. The minimum absolute atomic E-state index is 0.0338. The SMILES string of the molecule is CC.CC.Cc1cccc(C2(N)CC2)c1. The molecule has 0 unspecified atom stereocenters. The maximum Gasteiger partial charge on any atom is 0.0411 e. The fourth-order valence-corrected chi connectivity index (χ4v) is 1.38. The topological polar surface area (TPSA) is 26.0 Å². The van der Waals surface area contributed by atoms with Crippen LogP contribution in [-0.4, -0.2) is 0 Å². The van der Waals surface area contributed by atoms with Gasteiger partial charge in [-0.25, -0.2) is 0 Å². The van der Waals surface area contributed by atoms with Crippen LogP contribution in [0.5, 0.6) is 0 Å². The van der Waals surface area contributed by atoms with Gasteiger partial charge in [0.2, 0.25) is 0 Å². The maximum atomic E-state index is 6.04. The van der Waals surface area contributed by atoms with Crippen LogP contribution in [0.25, 0.3) is 0 Å². The fourth-order valence-electron chi connectivity index (χ4n) is 1.38. The van der Waals surface area contributed by atoms with Crippen molar-refractivity contribution < 1.29 is 0 Å². The van der Waals surface area contributed by atoms with Gasteiger partial charge in [0.1, 0.15) is 0 Å². The first-order valence-electron chi connectivity index (χ1n) is 6.07. The highest BCUT2D eigenvalue weighted by atomic mass is 14.8. The van der Waals surface area contributed by atoms with E-state index in [0.29, 0.717) is 0 Å². The van der Waals surface area contributed by atoms with Gasteiger partial charge >= 0.3 is 0 Å². The van der Waals surface area contributed by atoms with Crippen LogP contribution in [0, 0.1) is 6.92 Å². The summed E-state index contributed by atoms with van der Waals surface area (Å²) in [6, 6.07) is 8.50. The Balaban J connectivity index is 0.000000442. The van der Waals surface area contributed by atoms with Gasteiger partial charge < -0.3 is 5.73 Å². The Labute approximate surface area is 94.7 Å². The van der Waals surface area contributed by atoms with Crippen molar-refractivity contribution in [3.05, 3.63) is 35.4 Å². The van der Waals surface area contributed by atoms with Crippen LogP contribution >= 0.6 is 0 Å². The molecular weight excluding hydrogens is 182 g/mol. The Morgan fingerprint density at radius 2 is 1.60 bits per heavy atom. The zero-order valence-electron chi connectivity index (χ0n) is 10.8. The molecule has 2 rings (SSSR count). The molecule has 0 heterocycles. The van der Waals surface area contributed by atoms with Gasteiger partial charge in [-0.1, -0.05) is 57.5 Å².